The molecule has 0 spiro atoms. The van der Waals surface area contributed by atoms with Crippen molar-refractivity contribution in [1.29, 1.82) is 0 Å². The van der Waals surface area contributed by atoms with Crippen LogP contribution in [0.15, 0.2) is 11.4 Å². The molecular formula is C16H22N2O4S2. The van der Waals surface area contributed by atoms with Crippen LogP contribution in [0, 0.1) is 5.92 Å². The zero-order valence-corrected chi connectivity index (χ0v) is 15.3. The maximum atomic E-state index is 12.3. The molecule has 8 heteroatoms. The van der Waals surface area contributed by atoms with Gasteiger partial charge in [-0.15, -0.1) is 23.1 Å². The standard InChI is InChI=1S/C16H22N2O4S2/c1-9(2)7-11(16(21)22)18-13(19)8-17-15(20)14-10-3-5-23-12(10)4-6-24-14/h3,5,9,11,14H,4,6-8H2,1-2H3,(H,17,20)(H,18,19)(H,21,22)/t11-,14?/m0/s1. The van der Waals surface area contributed by atoms with Gasteiger partial charge in [0.05, 0.1) is 6.54 Å². The van der Waals surface area contributed by atoms with E-state index in [9.17, 15) is 14.4 Å². The number of aliphatic carboxylic acids is 1. The second-order valence-electron chi connectivity index (χ2n) is 6.11. The van der Waals surface area contributed by atoms with Crippen molar-refractivity contribution in [2.24, 2.45) is 5.92 Å². The Hall–Kier alpha value is -1.54. The second kappa shape index (κ2) is 8.53. The highest BCUT2D eigenvalue weighted by Gasteiger charge is 2.28. The van der Waals surface area contributed by atoms with Gasteiger partial charge in [0, 0.05) is 4.88 Å². The molecule has 0 saturated heterocycles. The van der Waals surface area contributed by atoms with Crippen LogP contribution in [0.1, 0.15) is 36.0 Å². The number of thiophene rings is 1. The molecular weight excluding hydrogens is 348 g/mol. The molecule has 0 bridgehead atoms. The van der Waals surface area contributed by atoms with Crippen LogP contribution in [0.2, 0.25) is 0 Å². The Balaban J connectivity index is 1.86. The number of rotatable bonds is 7. The fourth-order valence-electron chi connectivity index (χ4n) is 2.56. The van der Waals surface area contributed by atoms with Gasteiger partial charge in [-0.2, -0.15) is 0 Å². The number of carboxylic acid groups (broad SMARTS) is 1. The van der Waals surface area contributed by atoms with Gasteiger partial charge in [0.2, 0.25) is 11.8 Å². The molecule has 2 heterocycles. The molecule has 0 fully saturated rings. The van der Waals surface area contributed by atoms with Crippen LogP contribution in [-0.2, 0) is 20.8 Å². The fraction of sp³-hybridized carbons (Fsp3) is 0.562. The number of carboxylic acids is 1. The minimum atomic E-state index is -1.06. The van der Waals surface area contributed by atoms with E-state index in [-0.39, 0.29) is 23.6 Å². The quantitative estimate of drug-likeness (QED) is 0.680. The summed E-state index contributed by atoms with van der Waals surface area (Å²) in [7, 11) is 0. The van der Waals surface area contributed by atoms with Gasteiger partial charge in [0.25, 0.3) is 0 Å². The van der Waals surface area contributed by atoms with Crippen LogP contribution in [-0.4, -0.2) is 41.2 Å². The number of amides is 2. The highest BCUT2D eigenvalue weighted by atomic mass is 32.2. The summed E-state index contributed by atoms with van der Waals surface area (Å²) >= 11 is 3.22. The summed E-state index contributed by atoms with van der Waals surface area (Å²) in [5.41, 5.74) is 1.03. The van der Waals surface area contributed by atoms with E-state index in [0.717, 1.165) is 17.7 Å². The van der Waals surface area contributed by atoms with Crippen LogP contribution in [0.25, 0.3) is 0 Å². The molecule has 3 N–H and O–H groups in total. The number of carbonyl (C=O) groups excluding carboxylic acids is 2. The van der Waals surface area contributed by atoms with Crippen molar-refractivity contribution in [3.63, 3.8) is 0 Å². The number of hydrogen-bond donors (Lipinski definition) is 3. The van der Waals surface area contributed by atoms with Gasteiger partial charge in [-0.25, -0.2) is 4.79 Å². The Morgan fingerprint density at radius 1 is 1.38 bits per heavy atom. The van der Waals surface area contributed by atoms with E-state index in [0.29, 0.717) is 6.42 Å². The number of aryl methyl sites for hydroxylation is 1. The van der Waals surface area contributed by atoms with Gasteiger partial charge in [-0.1, -0.05) is 13.8 Å². The van der Waals surface area contributed by atoms with Gasteiger partial charge in [-0.05, 0) is 41.5 Å². The number of thioether (sulfide) groups is 1. The molecule has 24 heavy (non-hydrogen) atoms. The molecule has 1 aromatic rings. The van der Waals surface area contributed by atoms with E-state index in [2.05, 4.69) is 10.6 Å². The van der Waals surface area contributed by atoms with Gasteiger partial charge in [0.15, 0.2) is 0 Å². The second-order valence-corrected chi connectivity index (χ2v) is 8.32. The first-order valence-electron chi connectivity index (χ1n) is 7.86. The molecule has 2 rings (SSSR count). The van der Waals surface area contributed by atoms with Crippen molar-refractivity contribution in [3.05, 3.63) is 21.9 Å². The maximum Gasteiger partial charge on any atom is 0.326 e. The van der Waals surface area contributed by atoms with Gasteiger partial charge in [-0.3, -0.25) is 9.59 Å². The van der Waals surface area contributed by atoms with E-state index >= 15 is 0 Å². The number of nitrogens with one attached hydrogen (secondary N) is 2. The Kier molecular flexibility index (Phi) is 6.68. The van der Waals surface area contributed by atoms with Gasteiger partial charge < -0.3 is 15.7 Å². The summed E-state index contributed by atoms with van der Waals surface area (Å²) in [5.74, 6) is -0.716. The molecule has 1 aliphatic heterocycles. The lowest BCUT2D eigenvalue weighted by Crippen LogP contribution is -2.46. The van der Waals surface area contributed by atoms with Crippen molar-refractivity contribution in [1.82, 2.24) is 10.6 Å². The summed E-state index contributed by atoms with van der Waals surface area (Å²) in [5, 5.41) is 15.9. The van der Waals surface area contributed by atoms with Crippen LogP contribution in [0.5, 0.6) is 0 Å². The van der Waals surface area contributed by atoms with E-state index < -0.39 is 17.9 Å². The molecule has 1 unspecified atom stereocenters. The molecule has 0 radical (unpaired) electrons. The molecule has 132 valence electrons. The SMILES string of the molecule is CC(C)C[C@H](NC(=O)CNC(=O)C1SCCc2sccc21)C(=O)O. The Morgan fingerprint density at radius 2 is 2.12 bits per heavy atom. The van der Waals surface area contributed by atoms with E-state index in [4.69, 9.17) is 5.11 Å². The van der Waals surface area contributed by atoms with Crippen molar-refractivity contribution in [3.8, 4) is 0 Å². The monoisotopic (exact) mass is 370 g/mol. The fourth-order valence-corrected chi connectivity index (χ4v) is 4.88. The molecule has 0 aromatic carbocycles. The Bertz CT molecular complexity index is 615. The lowest BCUT2D eigenvalue weighted by molar-refractivity contribution is -0.142. The average molecular weight is 370 g/mol. The molecule has 0 saturated carbocycles. The third-order valence-corrected chi connectivity index (χ3v) is 5.92. The van der Waals surface area contributed by atoms with Crippen molar-refractivity contribution >= 4 is 40.9 Å². The summed E-state index contributed by atoms with van der Waals surface area (Å²) in [6.07, 6.45) is 1.32. The van der Waals surface area contributed by atoms with Crippen LogP contribution in [0.3, 0.4) is 0 Å². The number of fused-ring (bicyclic) bond motifs is 1. The minimum absolute atomic E-state index is 0.150. The third kappa shape index (κ3) is 4.98. The molecule has 6 nitrogen and oxygen atoms in total. The average Bonchev–Trinajstić information content (AvgIpc) is 2.99. The third-order valence-electron chi connectivity index (χ3n) is 3.68. The highest BCUT2D eigenvalue weighted by molar-refractivity contribution is 8.00. The van der Waals surface area contributed by atoms with Gasteiger partial charge in [0.1, 0.15) is 11.3 Å². The zero-order valence-electron chi connectivity index (χ0n) is 13.7. The van der Waals surface area contributed by atoms with Crippen molar-refractivity contribution in [2.75, 3.05) is 12.3 Å². The summed E-state index contributed by atoms with van der Waals surface area (Å²) in [6, 6.07) is 1.03. The normalized spacial score (nSPS) is 17.9. The first kappa shape index (κ1) is 18.8. The minimum Gasteiger partial charge on any atom is -0.480 e. The predicted octanol–water partition coefficient (Wildman–Crippen LogP) is 1.81. The van der Waals surface area contributed by atoms with Crippen LogP contribution < -0.4 is 10.6 Å². The smallest absolute Gasteiger partial charge is 0.326 e. The predicted molar refractivity (Wildman–Crippen MR) is 95.3 cm³/mol. The van der Waals surface area contributed by atoms with E-state index in [1.165, 1.54) is 4.88 Å². The zero-order chi connectivity index (χ0) is 17.7. The topological polar surface area (TPSA) is 95.5 Å². The lowest BCUT2D eigenvalue weighted by Gasteiger charge is -2.22. The van der Waals surface area contributed by atoms with Crippen molar-refractivity contribution < 1.29 is 19.5 Å². The largest absolute Gasteiger partial charge is 0.480 e. The first-order valence-corrected chi connectivity index (χ1v) is 9.79. The number of hydrogen-bond acceptors (Lipinski definition) is 5. The molecule has 1 aromatic heterocycles. The van der Waals surface area contributed by atoms with E-state index in [1.54, 1.807) is 23.1 Å². The molecule has 0 aliphatic carbocycles. The van der Waals surface area contributed by atoms with Gasteiger partial charge >= 0.3 is 5.97 Å². The lowest BCUT2D eigenvalue weighted by atomic mass is 10.0. The molecule has 2 amide bonds. The summed E-state index contributed by atoms with van der Waals surface area (Å²) in [6.45, 7) is 3.57. The summed E-state index contributed by atoms with van der Waals surface area (Å²) < 4.78 is 0. The maximum absolute atomic E-state index is 12.3. The molecule has 2 atom stereocenters. The van der Waals surface area contributed by atoms with Crippen LogP contribution in [0.4, 0.5) is 0 Å². The first-order chi connectivity index (χ1) is 11.4. The van der Waals surface area contributed by atoms with Crippen molar-refractivity contribution in [2.45, 2.75) is 38.0 Å². The van der Waals surface area contributed by atoms with Crippen LogP contribution >= 0.6 is 23.1 Å². The highest BCUT2D eigenvalue weighted by Crippen LogP contribution is 2.39. The Labute approximate surface area is 149 Å². The molecule has 1 aliphatic rings. The Morgan fingerprint density at radius 3 is 2.79 bits per heavy atom. The summed E-state index contributed by atoms with van der Waals surface area (Å²) in [4.78, 5) is 36.6. The van der Waals surface area contributed by atoms with E-state index in [1.807, 2.05) is 25.3 Å². The number of carbonyl (C=O) groups is 3.